The fourth-order valence-corrected chi connectivity index (χ4v) is 2.57. The van der Waals surface area contributed by atoms with Crippen molar-refractivity contribution in [2.24, 2.45) is 0 Å². The Kier molecular flexibility index (Phi) is 6.47. The van der Waals surface area contributed by atoms with E-state index in [1.54, 1.807) is 24.3 Å². The van der Waals surface area contributed by atoms with Gasteiger partial charge in [0.1, 0.15) is 0 Å². The number of aliphatic hydroxyl groups is 1. The average Bonchev–Trinajstić information content (AvgIpc) is 2.45. The molecular formula is C15H17F5O2S. The van der Waals surface area contributed by atoms with Crippen molar-refractivity contribution in [1.82, 2.24) is 0 Å². The second kappa shape index (κ2) is 7.53. The Morgan fingerprint density at radius 2 is 1.70 bits per heavy atom. The van der Waals surface area contributed by atoms with Gasteiger partial charge in [-0.25, -0.2) is 0 Å². The summed E-state index contributed by atoms with van der Waals surface area (Å²) in [5.41, 5.74) is -2.50. The van der Waals surface area contributed by atoms with Crippen molar-refractivity contribution in [2.75, 3.05) is 12.4 Å². The van der Waals surface area contributed by atoms with Crippen molar-refractivity contribution in [2.45, 2.75) is 36.4 Å². The molecule has 0 radical (unpaired) electrons. The molecule has 1 N–H and O–H groups in total. The molecule has 0 saturated heterocycles. The lowest BCUT2D eigenvalue weighted by atomic mass is 9.97. The first kappa shape index (κ1) is 19.8. The topological polar surface area (TPSA) is 29.5 Å². The van der Waals surface area contributed by atoms with Crippen molar-refractivity contribution in [3.63, 3.8) is 0 Å². The van der Waals surface area contributed by atoms with Crippen LogP contribution in [-0.2, 0) is 4.74 Å². The van der Waals surface area contributed by atoms with Crippen LogP contribution < -0.4 is 0 Å². The van der Waals surface area contributed by atoms with Crippen LogP contribution in [0.5, 0.6) is 0 Å². The van der Waals surface area contributed by atoms with Gasteiger partial charge >= 0.3 is 12.1 Å². The number of alkyl halides is 5. The lowest BCUT2D eigenvalue weighted by Gasteiger charge is -2.34. The highest BCUT2D eigenvalue weighted by Gasteiger charge is 2.69. The van der Waals surface area contributed by atoms with Gasteiger partial charge in [0.25, 0.3) is 0 Å². The first-order valence-corrected chi connectivity index (χ1v) is 7.68. The molecular weight excluding hydrogens is 339 g/mol. The third-order valence-corrected chi connectivity index (χ3v) is 4.18. The molecule has 0 aliphatic rings. The highest BCUT2D eigenvalue weighted by Crippen LogP contribution is 2.46. The maximum atomic E-state index is 13.7. The molecule has 0 aliphatic heterocycles. The van der Waals surface area contributed by atoms with Crippen LogP contribution in [0, 0.1) is 6.92 Å². The Bertz CT molecular complexity index is 528. The van der Waals surface area contributed by atoms with Crippen LogP contribution in [0.4, 0.5) is 22.0 Å². The van der Waals surface area contributed by atoms with Gasteiger partial charge in [-0.15, -0.1) is 11.8 Å². The van der Waals surface area contributed by atoms with Crippen molar-refractivity contribution in [3.8, 4) is 0 Å². The van der Waals surface area contributed by atoms with E-state index in [9.17, 15) is 27.1 Å². The molecule has 8 heteroatoms. The molecule has 0 saturated carbocycles. The zero-order chi connectivity index (χ0) is 17.7. The largest absolute Gasteiger partial charge is 0.502 e. The number of ether oxygens (including phenoxy) is 1. The van der Waals surface area contributed by atoms with Crippen LogP contribution in [0.15, 0.2) is 41.5 Å². The Hall–Kier alpha value is -1.28. The maximum absolute atomic E-state index is 13.7. The molecule has 0 bridgehead atoms. The summed E-state index contributed by atoms with van der Waals surface area (Å²) in [6.45, 7) is 3.43. The molecule has 0 aliphatic carbocycles. The van der Waals surface area contributed by atoms with Gasteiger partial charge in [-0.05, 0) is 32.1 Å². The SMILES string of the molecule is CCO/C=C/[C@](O)(CSc1ccc(C)cc1)C(F)(F)C(F)(F)F. The zero-order valence-electron chi connectivity index (χ0n) is 12.5. The molecule has 1 rings (SSSR count). The standard InChI is InChI=1S/C15H17F5O2S/c1-3-22-9-8-13(21,14(16,17)15(18,19)20)10-23-12-6-4-11(2)5-7-12/h4-9,21H,3,10H2,1-2H3/b9-8+/t13-/m0/s1. The van der Waals surface area contributed by atoms with Crippen molar-refractivity contribution in [3.05, 3.63) is 42.2 Å². The Morgan fingerprint density at radius 3 is 2.17 bits per heavy atom. The van der Waals surface area contributed by atoms with E-state index in [0.29, 0.717) is 29.0 Å². The fraction of sp³-hybridized carbons (Fsp3) is 0.467. The van der Waals surface area contributed by atoms with E-state index in [1.807, 2.05) is 6.92 Å². The minimum atomic E-state index is -5.88. The highest BCUT2D eigenvalue weighted by molar-refractivity contribution is 7.99. The van der Waals surface area contributed by atoms with E-state index in [-0.39, 0.29) is 6.61 Å². The monoisotopic (exact) mass is 356 g/mol. The third kappa shape index (κ3) is 4.84. The summed E-state index contributed by atoms with van der Waals surface area (Å²) in [6, 6.07) is 6.55. The van der Waals surface area contributed by atoms with Crippen LogP contribution in [0.2, 0.25) is 0 Å². The van der Waals surface area contributed by atoms with Gasteiger partial charge in [-0.3, -0.25) is 0 Å². The van der Waals surface area contributed by atoms with Crippen molar-refractivity contribution in [1.29, 1.82) is 0 Å². The minimum absolute atomic E-state index is 0.0786. The first-order chi connectivity index (χ1) is 10.5. The Morgan fingerprint density at radius 1 is 1.13 bits per heavy atom. The van der Waals surface area contributed by atoms with E-state index in [0.717, 1.165) is 5.56 Å². The number of halogens is 5. The normalized spacial score (nSPS) is 15.7. The average molecular weight is 356 g/mol. The molecule has 1 aromatic rings. The predicted octanol–water partition coefficient (Wildman–Crippen LogP) is 4.57. The molecule has 2 nitrogen and oxygen atoms in total. The van der Waals surface area contributed by atoms with Crippen LogP contribution in [0.1, 0.15) is 12.5 Å². The lowest BCUT2D eigenvalue weighted by molar-refractivity contribution is -0.326. The number of hydrogen-bond acceptors (Lipinski definition) is 3. The second-order valence-corrected chi connectivity index (χ2v) is 5.90. The summed E-state index contributed by atoms with van der Waals surface area (Å²) in [6.07, 6.45) is -4.87. The van der Waals surface area contributed by atoms with Gasteiger partial charge < -0.3 is 9.84 Å². The van der Waals surface area contributed by atoms with Gasteiger partial charge in [0.2, 0.25) is 0 Å². The third-order valence-electron chi connectivity index (χ3n) is 2.99. The molecule has 1 aromatic carbocycles. The van der Waals surface area contributed by atoms with E-state index < -0.39 is 23.5 Å². The molecule has 130 valence electrons. The van der Waals surface area contributed by atoms with Crippen molar-refractivity contribution >= 4 is 11.8 Å². The summed E-state index contributed by atoms with van der Waals surface area (Å²) in [5.74, 6) is -6.20. The van der Waals surface area contributed by atoms with E-state index in [4.69, 9.17) is 0 Å². The number of aryl methyl sites for hydroxylation is 1. The fourth-order valence-electron chi connectivity index (χ4n) is 1.57. The van der Waals surface area contributed by atoms with Crippen LogP contribution >= 0.6 is 11.8 Å². The molecule has 0 fully saturated rings. The number of benzene rings is 1. The zero-order valence-corrected chi connectivity index (χ0v) is 13.3. The molecule has 0 heterocycles. The smallest absolute Gasteiger partial charge is 0.456 e. The highest BCUT2D eigenvalue weighted by atomic mass is 32.2. The summed E-state index contributed by atoms with van der Waals surface area (Å²) in [5, 5.41) is 9.96. The van der Waals surface area contributed by atoms with Gasteiger partial charge in [-0.2, -0.15) is 22.0 Å². The minimum Gasteiger partial charge on any atom is -0.502 e. The first-order valence-electron chi connectivity index (χ1n) is 6.69. The quantitative estimate of drug-likeness (QED) is 0.441. The lowest BCUT2D eigenvalue weighted by Crippen LogP contribution is -2.57. The van der Waals surface area contributed by atoms with Crippen LogP contribution in [-0.4, -0.2) is 35.2 Å². The maximum Gasteiger partial charge on any atom is 0.456 e. The van der Waals surface area contributed by atoms with Gasteiger partial charge in [0, 0.05) is 10.6 Å². The summed E-state index contributed by atoms with van der Waals surface area (Å²) < 4.78 is 69.9. The molecule has 1 atom stereocenters. The van der Waals surface area contributed by atoms with Gasteiger partial charge in [0.05, 0.1) is 12.9 Å². The molecule has 0 spiro atoms. The van der Waals surface area contributed by atoms with E-state index in [1.165, 1.54) is 6.92 Å². The Balaban J connectivity index is 3.02. The second-order valence-electron chi connectivity index (χ2n) is 4.86. The number of hydrogen-bond donors (Lipinski definition) is 1. The van der Waals surface area contributed by atoms with Crippen molar-refractivity contribution < 1.29 is 31.8 Å². The molecule has 0 amide bonds. The van der Waals surface area contributed by atoms with Gasteiger partial charge in [-0.1, -0.05) is 17.7 Å². The summed E-state index contributed by atoms with van der Waals surface area (Å²) in [4.78, 5) is 0.469. The molecule has 0 unspecified atom stereocenters. The van der Waals surface area contributed by atoms with Crippen LogP contribution in [0.3, 0.4) is 0 Å². The predicted molar refractivity (Wildman–Crippen MR) is 78.6 cm³/mol. The Labute approximate surface area is 135 Å². The number of rotatable bonds is 7. The van der Waals surface area contributed by atoms with Crippen LogP contribution in [0.25, 0.3) is 0 Å². The summed E-state index contributed by atoms with van der Waals surface area (Å²) in [7, 11) is 0. The van der Waals surface area contributed by atoms with E-state index >= 15 is 0 Å². The van der Waals surface area contributed by atoms with E-state index in [2.05, 4.69) is 4.74 Å². The summed E-state index contributed by atoms with van der Waals surface area (Å²) >= 11 is 0.700. The number of thioether (sulfide) groups is 1. The van der Waals surface area contributed by atoms with Gasteiger partial charge in [0.15, 0.2) is 5.60 Å². The molecule has 23 heavy (non-hydrogen) atoms. The molecule has 0 aromatic heterocycles.